The van der Waals surface area contributed by atoms with Crippen molar-refractivity contribution in [1.82, 2.24) is 4.72 Å². The number of hydrogen-bond acceptors (Lipinski definition) is 4. The Bertz CT molecular complexity index is 582. The van der Waals surface area contributed by atoms with Crippen LogP contribution in [-0.4, -0.2) is 34.2 Å². The zero-order valence-electron chi connectivity index (χ0n) is 11.7. The van der Waals surface area contributed by atoms with Gasteiger partial charge in [0.2, 0.25) is 10.0 Å². The molecule has 0 bridgehead atoms. The van der Waals surface area contributed by atoms with Crippen molar-refractivity contribution in [1.29, 1.82) is 0 Å². The molecule has 0 spiro atoms. The van der Waals surface area contributed by atoms with Gasteiger partial charge >= 0.3 is 0 Å². The highest BCUT2D eigenvalue weighted by Gasteiger charge is 2.30. The van der Waals surface area contributed by atoms with E-state index in [1.807, 2.05) is 25.8 Å². The van der Waals surface area contributed by atoms with E-state index in [-0.39, 0.29) is 10.5 Å². The summed E-state index contributed by atoms with van der Waals surface area (Å²) in [5.41, 5.74) is 0.530. The fraction of sp³-hybridized carbons (Fsp3) is 0.538. The zero-order chi connectivity index (χ0) is 14.3. The number of ether oxygens (including phenoxy) is 1. The lowest BCUT2D eigenvalue weighted by atomic mass is 10.1. The molecule has 0 saturated heterocycles. The van der Waals surface area contributed by atoms with Crippen LogP contribution in [0.15, 0.2) is 23.1 Å². The summed E-state index contributed by atoms with van der Waals surface area (Å²) in [4.78, 5) is 2.28. The van der Waals surface area contributed by atoms with Gasteiger partial charge < -0.3 is 9.64 Å². The number of nitrogens with one attached hydrogen (secondary N) is 1. The molecule has 0 atom stereocenters. The molecular weight excluding hydrogens is 264 g/mol. The summed E-state index contributed by atoms with van der Waals surface area (Å²) < 4.78 is 32.3. The summed E-state index contributed by atoms with van der Waals surface area (Å²) in [7, 11) is -1.49. The first kappa shape index (κ1) is 14.1. The maximum Gasteiger partial charge on any atom is 0.240 e. The minimum Gasteiger partial charge on any atom is -0.484 e. The van der Waals surface area contributed by atoms with E-state index in [4.69, 9.17) is 4.74 Å². The molecule has 1 aromatic carbocycles. The lowest BCUT2D eigenvalue weighted by Gasteiger charge is -2.39. The second-order valence-electron chi connectivity index (χ2n) is 5.35. The van der Waals surface area contributed by atoms with E-state index in [0.29, 0.717) is 18.8 Å². The number of nitrogens with zero attached hydrogens (tertiary/aromatic N) is 1. The van der Waals surface area contributed by atoms with E-state index >= 15 is 0 Å². The Kier molecular flexibility index (Phi) is 3.49. The Morgan fingerprint density at radius 3 is 2.74 bits per heavy atom. The van der Waals surface area contributed by atoms with Crippen molar-refractivity contribution >= 4 is 15.7 Å². The second kappa shape index (κ2) is 4.68. The molecule has 1 heterocycles. The maximum atomic E-state index is 12.0. The summed E-state index contributed by atoms with van der Waals surface area (Å²) in [6.07, 6.45) is 0. The first-order chi connectivity index (χ1) is 8.75. The normalized spacial score (nSPS) is 17.8. The molecular formula is C13H20N2O3S. The Morgan fingerprint density at radius 2 is 2.11 bits per heavy atom. The van der Waals surface area contributed by atoms with Crippen molar-refractivity contribution in [2.45, 2.75) is 31.3 Å². The standard InChI is InChI=1S/C13H20N2O3S/c1-5-14-19(16,17)10-6-7-12-11(8-10)15(4)9-13(2,3)18-12/h6-8,14H,5,9H2,1-4H3. The highest BCUT2D eigenvalue weighted by Crippen LogP contribution is 2.37. The average molecular weight is 284 g/mol. The van der Waals surface area contributed by atoms with Crippen molar-refractivity contribution in [3.05, 3.63) is 18.2 Å². The Labute approximate surface area is 114 Å². The first-order valence-electron chi connectivity index (χ1n) is 6.29. The minimum absolute atomic E-state index is 0.267. The third-order valence-corrected chi connectivity index (χ3v) is 4.53. The molecule has 1 aromatic rings. The molecule has 106 valence electrons. The van der Waals surface area contributed by atoms with Crippen molar-refractivity contribution in [3.63, 3.8) is 0 Å². The number of anilines is 1. The molecule has 1 aliphatic heterocycles. The predicted octanol–water partition coefficient (Wildman–Crippen LogP) is 1.59. The van der Waals surface area contributed by atoms with Crippen LogP contribution < -0.4 is 14.4 Å². The highest BCUT2D eigenvalue weighted by molar-refractivity contribution is 7.89. The quantitative estimate of drug-likeness (QED) is 0.916. The van der Waals surface area contributed by atoms with Gasteiger partial charge in [0.25, 0.3) is 0 Å². The van der Waals surface area contributed by atoms with Gasteiger partial charge in [0.05, 0.1) is 17.1 Å². The number of rotatable bonds is 3. The lowest BCUT2D eigenvalue weighted by Crippen LogP contribution is -2.45. The van der Waals surface area contributed by atoms with Crippen LogP contribution in [0.4, 0.5) is 5.69 Å². The van der Waals surface area contributed by atoms with E-state index in [2.05, 4.69) is 4.72 Å². The molecule has 0 aliphatic carbocycles. The summed E-state index contributed by atoms with van der Waals surface area (Å²) in [5, 5.41) is 0. The number of sulfonamides is 1. The average Bonchev–Trinajstić information content (AvgIpc) is 2.26. The maximum absolute atomic E-state index is 12.0. The summed E-state index contributed by atoms with van der Waals surface area (Å²) >= 11 is 0. The first-order valence-corrected chi connectivity index (χ1v) is 7.77. The summed E-state index contributed by atoms with van der Waals surface area (Å²) in [6, 6.07) is 4.95. The van der Waals surface area contributed by atoms with E-state index < -0.39 is 10.0 Å². The summed E-state index contributed by atoms with van der Waals surface area (Å²) in [6.45, 7) is 6.86. The largest absolute Gasteiger partial charge is 0.484 e. The van der Waals surface area contributed by atoms with Gasteiger partial charge in [-0.3, -0.25) is 0 Å². The van der Waals surface area contributed by atoms with E-state index in [1.54, 1.807) is 25.1 Å². The van der Waals surface area contributed by atoms with Gasteiger partial charge in [0.15, 0.2) is 0 Å². The van der Waals surface area contributed by atoms with Crippen LogP contribution in [0.2, 0.25) is 0 Å². The van der Waals surface area contributed by atoms with E-state index in [0.717, 1.165) is 5.69 Å². The van der Waals surface area contributed by atoms with Crippen LogP contribution in [0.5, 0.6) is 5.75 Å². The molecule has 0 aromatic heterocycles. The minimum atomic E-state index is -3.43. The molecule has 2 rings (SSSR count). The van der Waals surface area contributed by atoms with Gasteiger partial charge in [-0.1, -0.05) is 6.92 Å². The fourth-order valence-electron chi connectivity index (χ4n) is 2.31. The highest BCUT2D eigenvalue weighted by atomic mass is 32.2. The van der Waals surface area contributed by atoms with Gasteiger partial charge in [0, 0.05) is 13.6 Å². The van der Waals surface area contributed by atoms with Crippen LogP contribution in [0, 0.1) is 0 Å². The van der Waals surface area contributed by atoms with Crippen LogP contribution in [0.3, 0.4) is 0 Å². The lowest BCUT2D eigenvalue weighted by molar-refractivity contribution is 0.107. The topological polar surface area (TPSA) is 58.6 Å². The molecule has 0 fully saturated rings. The monoisotopic (exact) mass is 284 g/mol. The van der Waals surface area contributed by atoms with Crippen molar-refractivity contribution < 1.29 is 13.2 Å². The Balaban J connectivity index is 2.43. The molecule has 0 amide bonds. The molecule has 0 saturated carbocycles. The molecule has 0 unspecified atom stereocenters. The van der Waals surface area contributed by atoms with Crippen molar-refractivity contribution in [2.24, 2.45) is 0 Å². The smallest absolute Gasteiger partial charge is 0.240 e. The van der Waals surface area contributed by atoms with Crippen molar-refractivity contribution in [2.75, 3.05) is 25.0 Å². The molecule has 6 heteroatoms. The number of hydrogen-bond donors (Lipinski definition) is 1. The van der Waals surface area contributed by atoms with E-state index in [1.165, 1.54) is 0 Å². The number of benzene rings is 1. The molecule has 19 heavy (non-hydrogen) atoms. The van der Waals surface area contributed by atoms with Gasteiger partial charge in [-0.15, -0.1) is 0 Å². The molecule has 5 nitrogen and oxygen atoms in total. The van der Waals surface area contributed by atoms with Gasteiger partial charge in [-0.25, -0.2) is 13.1 Å². The Hall–Kier alpha value is -1.27. The molecule has 1 N–H and O–H groups in total. The third kappa shape index (κ3) is 2.84. The van der Waals surface area contributed by atoms with Crippen LogP contribution >= 0.6 is 0 Å². The Morgan fingerprint density at radius 1 is 1.42 bits per heavy atom. The second-order valence-corrected chi connectivity index (χ2v) is 7.12. The predicted molar refractivity (Wildman–Crippen MR) is 75.3 cm³/mol. The van der Waals surface area contributed by atoms with Crippen LogP contribution in [-0.2, 0) is 10.0 Å². The van der Waals surface area contributed by atoms with Crippen molar-refractivity contribution in [3.8, 4) is 5.75 Å². The molecule has 0 radical (unpaired) electrons. The van der Waals surface area contributed by atoms with Gasteiger partial charge in [0.1, 0.15) is 11.4 Å². The summed E-state index contributed by atoms with van der Waals surface area (Å²) in [5.74, 6) is 0.717. The fourth-order valence-corrected chi connectivity index (χ4v) is 3.37. The van der Waals surface area contributed by atoms with Gasteiger partial charge in [-0.2, -0.15) is 0 Å². The number of fused-ring (bicyclic) bond motifs is 1. The third-order valence-electron chi connectivity index (χ3n) is 2.99. The SMILES string of the molecule is CCNS(=O)(=O)c1ccc2c(c1)N(C)CC(C)(C)O2. The molecule has 1 aliphatic rings. The van der Waals surface area contributed by atoms with Gasteiger partial charge in [-0.05, 0) is 32.0 Å². The van der Waals surface area contributed by atoms with E-state index in [9.17, 15) is 8.42 Å². The number of likely N-dealkylation sites (N-methyl/N-ethyl adjacent to an activating group) is 1. The van der Waals surface area contributed by atoms with Crippen LogP contribution in [0.25, 0.3) is 0 Å². The zero-order valence-corrected chi connectivity index (χ0v) is 12.5. The van der Waals surface area contributed by atoms with Crippen LogP contribution in [0.1, 0.15) is 20.8 Å².